The van der Waals surface area contributed by atoms with Crippen molar-refractivity contribution in [3.8, 4) is 0 Å². The molecule has 3 saturated heterocycles. The molecule has 3 aliphatic heterocycles. The van der Waals surface area contributed by atoms with E-state index < -0.39 is 124 Å². The van der Waals surface area contributed by atoms with Crippen molar-refractivity contribution >= 4 is 5.91 Å². The summed E-state index contributed by atoms with van der Waals surface area (Å²) in [6, 6.07) is -0.888. The second kappa shape index (κ2) is 49.5. The minimum Gasteiger partial charge on any atom is -0.394 e. The van der Waals surface area contributed by atoms with Gasteiger partial charge in [0.1, 0.15) is 73.2 Å². The van der Waals surface area contributed by atoms with E-state index in [2.05, 4.69) is 67.8 Å². The minimum atomic E-state index is -1.97. The lowest BCUT2D eigenvalue weighted by Crippen LogP contribution is -2.66. The van der Waals surface area contributed by atoms with E-state index in [1.165, 1.54) is 135 Å². The fraction of sp³-hybridized carbons (Fsp3) is 0.866. The first kappa shape index (κ1) is 78.0. The molecule has 3 aliphatic rings. The van der Waals surface area contributed by atoms with Gasteiger partial charge in [-0.15, -0.1) is 0 Å². The number of nitrogens with one attached hydrogen (secondary N) is 1. The molecule has 0 spiro atoms. The molecular formula is C67H121NO18. The van der Waals surface area contributed by atoms with E-state index >= 15 is 0 Å². The molecule has 19 heteroatoms. The number of unbranched alkanes of at least 4 members (excludes halogenated alkanes) is 27. The number of hydrogen-bond donors (Lipinski definition) is 12. The summed E-state index contributed by atoms with van der Waals surface area (Å²) in [7, 11) is 0. The average molecular weight is 1230 g/mol. The van der Waals surface area contributed by atoms with Crippen molar-refractivity contribution in [1.82, 2.24) is 5.32 Å². The van der Waals surface area contributed by atoms with E-state index in [-0.39, 0.29) is 18.9 Å². The third-order valence-electron chi connectivity index (χ3n) is 16.9. The van der Waals surface area contributed by atoms with Crippen molar-refractivity contribution in [3.63, 3.8) is 0 Å². The number of aliphatic hydroxyl groups is 11. The summed E-state index contributed by atoms with van der Waals surface area (Å²) in [5.74, 6) is -0.244. The van der Waals surface area contributed by atoms with Crippen LogP contribution in [0, 0.1) is 0 Å². The van der Waals surface area contributed by atoms with Gasteiger partial charge in [0.25, 0.3) is 0 Å². The fourth-order valence-electron chi connectivity index (χ4n) is 11.4. The maximum Gasteiger partial charge on any atom is 0.220 e. The molecule has 0 aliphatic carbocycles. The Bertz CT molecular complexity index is 1750. The van der Waals surface area contributed by atoms with Crippen molar-refractivity contribution < 1.29 is 89.4 Å². The Morgan fingerprint density at radius 1 is 0.430 bits per heavy atom. The van der Waals surface area contributed by atoms with Gasteiger partial charge < -0.3 is 89.9 Å². The van der Waals surface area contributed by atoms with E-state index in [4.69, 9.17) is 28.4 Å². The summed E-state index contributed by atoms with van der Waals surface area (Å²) >= 11 is 0. The number of carbonyl (C=O) groups is 1. The maximum atomic E-state index is 13.4. The zero-order chi connectivity index (χ0) is 62.6. The molecule has 17 unspecified atom stereocenters. The lowest BCUT2D eigenvalue weighted by molar-refractivity contribution is -0.379. The van der Waals surface area contributed by atoms with Crippen LogP contribution in [0.5, 0.6) is 0 Å². The predicted molar refractivity (Wildman–Crippen MR) is 332 cm³/mol. The molecule has 17 atom stereocenters. The number of hydrogen-bond acceptors (Lipinski definition) is 18. The van der Waals surface area contributed by atoms with Gasteiger partial charge in [0.15, 0.2) is 18.9 Å². The summed E-state index contributed by atoms with van der Waals surface area (Å²) < 4.78 is 34.4. The molecule has 3 heterocycles. The molecule has 0 aromatic rings. The van der Waals surface area contributed by atoms with Crippen molar-refractivity contribution in [2.45, 2.75) is 343 Å². The van der Waals surface area contributed by atoms with Crippen molar-refractivity contribution in [2.75, 3.05) is 26.4 Å². The molecule has 3 rings (SSSR count). The minimum absolute atomic E-state index is 0.244. The molecule has 1 amide bonds. The monoisotopic (exact) mass is 1230 g/mol. The van der Waals surface area contributed by atoms with Gasteiger partial charge in [-0.3, -0.25) is 4.79 Å². The van der Waals surface area contributed by atoms with E-state index in [0.717, 1.165) is 70.6 Å². The van der Waals surface area contributed by atoms with Crippen LogP contribution in [0.3, 0.4) is 0 Å². The number of ether oxygens (including phenoxy) is 6. The number of rotatable bonds is 51. The predicted octanol–water partition coefficient (Wildman–Crippen LogP) is 8.22. The number of aliphatic hydroxyl groups excluding tert-OH is 11. The zero-order valence-corrected chi connectivity index (χ0v) is 52.8. The summed E-state index contributed by atoms with van der Waals surface area (Å²) in [6.45, 7) is 1.69. The van der Waals surface area contributed by atoms with Crippen LogP contribution in [0.25, 0.3) is 0 Å². The Balaban J connectivity index is 1.41. The molecule has 12 N–H and O–H groups in total. The third kappa shape index (κ3) is 31.7. The standard InChI is InChI=1S/C67H121NO18/c1-3-5-7-9-11-13-15-17-19-20-21-22-23-24-25-26-27-28-29-30-31-33-35-37-39-41-43-45-55(73)68-50(51(72)44-42-40-38-36-34-32-18-16-14-12-10-8-6-4-2)49-81-65-61(79)58(76)63(53(47-70)83-65)86-67-62(80)59(77)64(54(48-71)84-67)85-66-60(78)57(75)56(74)52(46-69)82-66/h5,7,11,13,17,19,21-22,50-54,56-67,69-72,74-80H,3-4,6,8-10,12,14-16,18,20,23-49H2,1-2H3,(H,68,73)/b7-5-,13-11-,19-17-,22-21-. The van der Waals surface area contributed by atoms with Crippen molar-refractivity contribution in [1.29, 1.82) is 0 Å². The first-order valence-corrected chi connectivity index (χ1v) is 33.9. The van der Waals surface area contributed by atoms with E-state index in [1.807, 2.05) is 0 Å². The van der Waals surface area contributed by atoms with Crippen LogP contribution >= 0.6 is 0 Å². The van der Waals surface area contributed by atoms with E-state index in [0.29, 0.717) is 12.8 Å². The van der Waals surface area contributed by atoms with Crippen molar-refractivity contribution in [2.24, 2.45) is 0 Å². The molecular weight excluding hydrogens is 1110 g/mol. The smallest absolute Gasteiger partial charge is 0.220 e. The molecule has 0 aromatic carbocycles. The van der Waals surface area contributed by atoms with Crippen LogP contribution in [0.2, 0.25) is 0 Å². The van der Waals surface area contributed by atoms with Gasteiger partial charge in [0.05, 0.1) is 38.6 Å². The molecule has 0 saturated carbocycles. The van der Waals surface area contributed by atoms with Crippen LogP contribution in [0.4, 0.5) is 0 Å². The van der Waals surface area contributed by atoms with Gasteiger partial charge in [-0.05, 0) is 51.4 Å². The van der Waals surface area contributed by atoms with Gasteiger partial charge in [-0.25, -0.2) is 0 Å². The van der Waals surface area contributed by atoms with Crippen LogP contribution < -0.4 is 5.32 Å². The van der Waals surface area contributed by atoms with Crippen molar-refractivity contribution in [3.05, 3.63) is 48.6 Å². The van der Waals surface area contributed by atoms with Crippen LogP contribution in [0.15, 0.2) is 48.6 Å². The normalized spacial score (nSPS) is 29.1. The molecule has 3 fully saturated rings. The SMILES string of the molecule is CC/C=C\C/C=C\C/C=C\C/C=C\CCCCCCCCCCCCCCCCC(=O)NC(COC1OC(CO)C(OC2OC(CO)C(OC3OC(CO)C(O)C(O)C3O)C(O)C2O)C(O)C1O)C(O)CCCCCCCCCCCCCCCC. The largest absolute Gasteiger partial charge is 0.394 e. The highest BCUT2D eigenvalue weighted by molar-refractivity contribution is 5.76. The third-order valence-corrected chi connectivity index (χ3v) is 16.9. The van der Waals surface area contributed by atoms with Crippen LogP contribution in [0.1, 0.15) is 239 Å². The summed E-state index contributed by atoms with van der Waals surface area (Å²) in [6.07, 6.45) is 30.5. The Morgan fingerprint density at radius 3 is 1.26 bits per heavy atom. The highest BCUT2D eigenvalue weighted by Crippen LogP contribution is 2.33. The van der Waals surface area contributed by atoms with E-state index in [1.54, 1.807) is 0 Å². The maximum absolute atomic E-state index is 13.4. The zero-order valence-electron chi connectivity index (χ0n) is 52.8. The molecule has 502 valence electrons. The molecule has 0 aromatic heterocycles. The second-order valence-electron chi connectivity index (χ2n) is 24.3. The Hall–Kier alpha value is -2.25. The van der Waals surface area contributed by atoms with E-state index in [9.17, 15) is 61.0 Å². The Kier molecular flexibility index (Phi) is 44.8. The average Bonchev–Trinajstić information content (AvgIpc) is 1.96. The highest BCUT2D eigenvalue weighted by Gasteiger charge is 2.53. The first-order valence-electron chi connectivity index (χ1n) is 33.9. The number of carbonyl (C=O) groups excluding carboxylic acids is 1. The topological polar surface area (TPSA) is 307 Å². The van der Waals surface area contributed by atoms with Gasteiger partial charge in [0, 0.05) is 6.42 Å². The number of amides is 1. The summed E-state index contributed by atoms with van der Waals surface area (Å²) in [5, 5.41) is 121. The molecule has 19 nitrogen and oxygen atoms in total. The Morgan fingerprint density at radius 2 is 0.802 bits per heavy atom. The Labute approximate surface area is 516 Å². The summed E-state index contributed by atoms with van der Waals surface area (Å²) in [5.41, 5.74) is 0. The molecule has 0 radical (unpaired) electrons. The number of allylic oxidation sites excluding steroid dienone is 8. The van der Waals surface area contributed by atoms with Crippen LogP contribution in [-0.4, -0.2) is 193 Å². The lowest BCUT2D eigenvalue weighted by atomic mass is 9.96. The molecule has 86 heavy (non-hydrogen) atoms. The van der Waals surface area contributed by atoms with Crippen LogP contribution in [-0.2, 0) is 33.2 Å². The quantitative estimate of drug-likeness (QED) is 0.0202. The highest BCUT2D eigenvalue weighted by atomic mass is 16.8. The second-order valence-corrected chi connectivity index (χ2v) is 24.3. The lowest BCUT2D eigenvalue weighted by Gasteiger charge is -2.48. The first-order chi connectivity index (χ1) is 41.8. The fourth-order valence-corrected chi connectivity index (χ4v) is 11.4. The van der Waals surface area contributed by atoms with Gasteiger partial charge in [-0.2, -0.15) is 0 Å². The van der Waals surface area contributed by atoms with Gasteiger partial charge in [0.2, 0.25) is 5.91 Å². The summed E-state index contributed by atoms with van der Waals surface area (Å²) in [4.78, 5) is 13.4. The van der Waals surface area contributed by atoms with Gasteiger partial charge in [-0.1, -0.05) is 229 Å². The van der Waals surface area contributed by atoms with Gasteiger partial charge >= 0.3 is 0 Å². The molecule has 0 bridgehead atoms.